The van der Waals surface area contributed by atoms with Crippen LogP contribution in [0.4, 0.5) is 13.2 Å². The summed E-state index contributed by atoms with van der Waals surface area (Å²) in [5, 5.41) is 0. The summed E-state index contributed by atoms with van der Waals surface area (Å²) in [4.78, 5) is 4.31. The van der Waals surface area contributed by atoms with E-state index in [1.807, 2.05) is 12.1 Å². The number of hydrogen-bond acceptors (Lipinski definition) is 2. The average Bonchev–Trinajstić information content (AvgIpc) is 2.87. The minimum Gasteiger partial charge on any atom is -0.323 e. The van der Waals surface area contributed by atoms with Gasteiger partial charge in [0.2, 0.25) is 0 Å². The normalized spacial score (nSPS) is 18.9. The molecule has 0 saturated carbocycles. The summed E-state index contributed by atoms with van der Waals surface area (Å²) < 4.78 is 39.6. The summed E-state index contributed by atoms with van der Waals surface area (Å²) in [6.45, 7) is 0. The lowest BCUT2D eigenvalue weighted by Crippen LogP contribution is -2.19. The molecular weight excluding hydrogens is 265 g/mol. The third-order valence-corrected chi connectivity index (χ3v) is 3.83. The Morgan fingerprint density at radius 2 is 1.90 bits per heavy atom. The number of fused-ring (bicyclic) bond motifs is 1. The molecule has 2 aromatic rings. The molecule has 0 radical (unpaired) electrons. The van der Waals surface area contributed by atoms with Gasteiger partial charge in [0.05, 0.1) is 0 Å². The van der Waals surface area contributed by atoms with Crippen LogP contribution in [0.3, 0.4) is 0 Å². The number of benzene rings is 1. The first-order chi connectivity index (χ1) is 9.58. The van der Waals surface area contributed by atoms with Gasteiger partial charge in [0.25, 0.3) is 0 Å². The molecule has 1 aromatic heterocycles. The monoisotopic (exact) mass is 278 g/mol. The zero-order valence-corrected chi connectivity index (χ0v) is 10.6. The van der Waals surface area contributed by atoms with E-state index in [9.17, 15) is 13.2 Å². The number of nitrogens with zero attached hydrogens (tertiary/aromatic N) is 1. The van der Waals surface area contributed by atoms with Crippen molar-refractivity contribution in [2.24, 2.45) is 5.73 Å². The SMILES string of the molecule is NC(c1cc(F)c(F)c(F)c1)C1CCc2cccnc21. The van der Waals surface area contributed by atoms with E-state index in [0.29, 0.717) is 0 Å². The maximum atomic E-state index is 13.3. The van der Waals surface area contributed by atoms with Crippen molar-refractivity contribution in [3.8, 4) is 0 Å². The molecule has 0 amide bonds. The van der Waals surface area contributed by atoms with Crippen LogP contribution in [0.1, 0.15) is 35.2 Å². The molecule has 0 fully saturated rings. The highest BCUT2D eigenvalue weighted by Crippen LogP contribution is 2.39. The van der Waals surface area contributed by atoms with Crippen molar-refractivity contribution in [2.45, 2.75) is 24.8 Å². The Labute approximate surface area is 114 Å². The van der Waals surface area contributed by atoms with E-state index in [1.54, 1.807) is 6.20 Å². The maximum Gasteiger partial charge on any atom is 0.194 e. The zero-order chi connectivity index (χ0) is 14.3. The summed E-state index contributed by atoms with van der Waals surface area (Å²) in [6.07, 6.45) is 3.29. The van der Waals surface area contributed by atoms with Gasteiger partial charge >= 0.3 is 0 Å². The van der Waals surface area contributed by atoms with Crippen LogP contribution in [0.5, 0.6) is 0 Å². The van der Waals surface area contributed by atoms with Gasteiger partial charge in [-0.05, 0) is 42.2 Å². The van der Waals surface area contributed by atoms with Crippen LogP contribution in [0.15, 0.2) is 30.5 Å². The van der Waals surface area contributed by atoms with Gasteiger partial charge in [-0.3, -0.25) is 4.98 Å². The standard InChI is InChI=1S/C15H13F3N2/c16-11-6-9(7-12(17)13(11)18)14(19)10-4-3-8-2-1-5-20-15(8)10/h1-2,5-7,10,14H,3-4,19H2. The summed E-state index contributed by atoms with van der Waals surface area (Å²) in [6, 6.07) is 5.15. The molecule has 20 heavy (non-hydrogen) atoms. The number of halogens is 3. The predicted octanol–water partition coefficient (Wildman–Crippen LogP) is 3.23. The van der Waals surface area contributed by atoms with Crippen LogP contribution in [0, 0.1) is 17.5 Å². The Hall–Kier alpha value is -1.88. The molecule has 0 aliphatic heterocycles. The minimum atomic E-state index is -1.47. The van der Waals surface area contributed by atoms with Crippen LogP contribution in [0.2, 0.25) is 0 Å². The third kappa shape index (κ3) is 2.08. The van der Waals surface area contributed by atoms with E-state index < -0.39 is 23.5 Å². The van der Waals surface area contributed by atoms with E-state index in [0.717, 1.165) is 36.2 Å². The summed E-state index contributed by atoms with van der Waals surface area (Å²) in [5.41, 5.74) is 8.34. The van der Waals surface area contributed by atoms with Crippen molar-refractivity contribution in [1.29, 1.82) is 0 Å². The Morgan fingerprint density at radius 1 is 1.20 bits per heavy atom. The van der Waals surface area contributed by atoms with Gasteiger partial charge in [-0.25, -0.2) is 13.2 Å². The molecule has 5 heteroatoms. The largest absolute Gasteiger partial charge is 0.323 e. The van der Waals surface area contributed by atoms with E-state index in [-0.39, 0.29) is 11.5 Å². The van der Waals surface area contributed by atoms with Gasteiger partial charge in [-0.2, -0.15) is 0 Å². The first kappa shape index (κ1) is 13.1. The Bertz CT molecular complexity index is 634. The van der Waals surface area contributed by atoms with Gasteiger partial charge in [-0.1, -0.05) is 6.07 Å². The second kappa shape index (κ2) is 4.90. The molecule has 0 saturated heterocycles. The van der Waals surface area contributed by atoms with Gasteiger partial charge in [0, 0.05) is 23.9 Å². The molecule has 1 aromatic carbocycles. The molecule has 2 nitrogen and oxygen atoms in total. The topological polar surface area (TPSA) is 38.9 Å². The van der Waals surface area contributed by atoms with Crippen LogP contribution >= 0.6 is 0 Å². The molecule has 2 N–H and O–H groups in total. The number of rotatable bonds is 2. The molecule has 104 valence electrons. The molecule has 1 heterocycles. The van der Waals surface area contributed by atoms with Gasteiger partial charge in [0.15, 0.2) is 17.5 Å². The highest BCUT2D eigenvalue weighted by molar-refractivity contribution is 5.33. The highest BCUT2D eigenvalue weighted by Gasteiger charge is 2.30. The summed E-state index contributed by atoms with van der Waals surface area (Å²) >= 11 is 0. The van der Waals surface area contributed by atoms with Gasteiger partial charge in [-0.15, -0.1) is 0 Å². The number of aryl methyl sites for hydroxylation is 1. The van der Waals surface area contributed by atoms with Crippen molar-refractivity contribution in [3.05, 3.63) is 64.7 Å². The average molecular weight is 278 g/mol. The smallest absolute Gasteiger partial charge is 0.194 e. The lowest BCUT2D eigenvalue weighted by atomic mass is 9.91. The van der Waals surface area contributed by atoms with Crippen molar-refractivity contribution >= 4 is 0 Å². The molecule has 3 rings (SSSR count). The van der Waals surface area contributed by atoms with Crippen LogP contribution in [-0.4, -0.2) is 4.98 Å². The third-order valence-electron chi connectivity index (χ3n) is 3.83. The second-order valence-electron chi connectivity index (χ2n) is 5.02. The Morgan fingerprint density at radius 3 is 2.60 bits per heavy atom. The molecule has 2 unspecified atom stereocenters. The summed E-state index contributed by atoms with van der Waals surface area (Å²) in [7, 11) is 0. The molecule has 1 aliphatic carbocycles. The van der Waals surface area contributed by atoms with E-state index in [4.69, 9.17) is 5.73 Å². The fourth-order valence-electron chi connectivity index (χ4n) is 2.79. The zero-order valence-electron chi connectivity index (χ0n) is 10.6. The van der Waals surface area contributed by atoms with E-state index in [2.05, 4.69) is 4.98 Å². The van der Waals surface area contributed by atoms with E-state index >= 15 is 0 Å². The molecule has 1 aliphatic rings. The number of aromatic nitrogens is 1. The maximum absolute atomic E-state index is 13.3. The molecule has 0 bridgehead atoms. The van der Waals surface area contributed by atoms with Crippen LogP contribution in [-0.2, 0) is 6.42 Å². The van der Waals surface area contributed by atoms with E-state index in [1.165, 1.54) is 0 Å². The van der Waals surface area contributed by atoms with Crippen molar-refractivity contribution in [1.82, 2.24) is 4.98 Å². The lowest BCUT2D eigenvalue weighted by molar-refractivity contribution is 0.439. The lowest BCUT2D eigenvalue weighted by Gasteiger charge is -2.20. The molecular formula is C15H13F3N2. The van der Waals surface area contributed by atoms with Crippen molar-refractivity contribution in [3.63, 3.8) is 0 Å². The highest BCUT2D eigenvalue weighted by atomic mass is 19.2. The van der Waals surface area contributed by atoms with Crippen LogP contribution < -0.4 is 5.73 Å². The van der Waals surface area contributed by atoms with Crippen molar-refractivity contribution in [2.75, 3.05) is 0 Å². The summed E-state index contributed by atoms with van der Waals surface area (Å²) in [5.74, 6) is -3.99. The van der Waals surface area contributed by atoms with Gasteiger partial charge < -0.3 is 5.73 Å². The first-order valence-corrected chi connectivity index (χ1v) is 6.41. The minimum absolute atomic E-state index is 0.101. The van der Waals surface area contributed by atoms with Crippen LogP contribution in [0.25, 0.3) is 0 Å². The number of pyridine rings is 1. The Balaban J connectivity index is 1.96. The number of nitrogens with two attached hydrogens (primary N) is 1. The molecule has 0 spiro atoms. The first-order valence-electron chi connectivity index (χ1n) is 6.41. The fraction of sp³-hybridized carbons (Fsp3) is 0.267. The van der Waals surface area contributed by atoms with Crippen molar-refractivity contribution < 1.29 is 13.2 Å². The predicted molar refractivity (Wildman–Crippen MR) is 68.5 cm³/mol. The Kier molecular flexibility index (Phi) is 3.22. The van der Waals surface area contributed by atoms with Gasteiger partial charge in [0.1, 0.15) is 0 Å². The number of hydrogen-bond donors (Lipinski definition) is 1. The quantitative estimate of drug-likeness (QED) is 0.857. The second-order valence-corrected chi connectivity index (χ2v) is 5.02. The molecule has 2 atom stereocenters. The fourth-order valence-corrected chi connectivity index (χ4v) is 2.79.